The lowest BCUT2D eigenvalue weighted by atomic mass is 10.0. The molecule has 17 nitrogen and oxygen atoms in total. The van der Waals surface area contributed by atoms with Gasteiger partial charge in [-0.25, -0.2) is 14.2 Å². The predicted molar refractivity (Wildman–Crippen MR) is 153 cm³/mol. The number of amides is 2. The summed E-state index contributed by atoms with van der Waals surface area (Å²) in [5.41, 5.74) is 15.5. The van der Waals surface area contributed by atoms with Crippen LogP contribution in [0.5, 0.6) is 0 Å². The molecule has 1 unspecified atom stereocenters. The van der Waals surface area contributed by atoms with E-state index in [1.807, 2.05) is 6.92 Å². The van der Waals surface area contributed by atoms with E-state index in [4.69, 9.17) is 22.0 Å². The number of anilines is 3. The molecule has 2 aliphatic heterocycles. The molecule has 0 saturated carbocycles. The first-order chi connectivity index (χ1) is 19.7. The van der Waals surface area contributed by atoms with Gasteiger partial charge in [0, 0.05) is 23.0 Å². The Morgan fingerprint density at radius 2 is 2.00 bits per heavy atom. The number of nitrogens with zero attached hydrogens (tertiary/aromatic N) is 6. The molecule has 42 heavy (non-hydrogen) atoms. The second-order valence-electron chi connectivity index (χ2n) is 9.34. The Balaban J connectivity index is 1.54. The molecule has 0 bridgehead atoms. The van der Waals surface area contributed by atoms with Gasteiger partial charge in [0.2, 0.25) is 28.8 Å². The molecule has 0 radical (unpaired) electrons. The Morgan fingerprint density at radius 3 is 2.60 bits per heavy atom. The summed E-state index contributed by atoms with van der Waals surface area (Å²) in [7, 11) is 0. The molecule has 0 aromatic carbocycles. The summed E-state index contributed by atoms with van der Waals surface area (Å²) in [4.78, 5) is 64.4. The van der Waals surface area contributed by atoms with Gasteiger partial charge in [-0.15, -0.1) is 11.8 Å². The minimum absolute atomic E-state index is 0.0129. The zero-order chi connectivity index (χ0) is 30.9. The number of fused-ring (bicyclic) bond motifs is 1. The third kappa shape index (κ3) is 6.04. The minimum atomic E-state index is -1.80. The molecule has 0 spiro atoms. The smallest absolute Gasteiger partial charge is 0.352 e. The quantitative estimate of drug-likeness (QED) is 0.0434. The van der Waals surface area contributed by atoms with E-state index in [1.165, 1.54) is 43.4 Å². The van der Waals surface area contributed by atoms with Crippen molar-refractivity contribution in [3.8, 4) is 0 Å². The summed E-state index contributed by atoms with van der Waals surface area (Å²) in [6.45, 7) is 4.84. The Morgan fingerprint density at radius 1 is 1.29 bits per heavy atom. The first-order valence-electron chi connectivity index (χ1n) is 12.1. The van der Waals surface area contributed by atoms with Crippen molar-refractivity contribution >= 4 is 81.3 Å². The first kappa shape index (κ1) is 30.8. The Kier molecular flexibility index (Phi) is 8.78. The molecule has 2 aliphatic rings. The monoisotopic (exact) mass is 639 g/mol. The van der Waals surface area contributed by atoms with Gasteiger partial charge in [0.25, 0.3) is 11.8 Å². The molecular weight excluding hydrogens is 613 g/mol. The van der Waals surface area contributed by atoms with Crippen LogP contribution in [0.1, 0.15) is 26.6 Å². The molecule has 2 aromatic heterocycles. The van der Waals surface area contributed by atoms with Crippen LogP contribution >= 0.6 is 35.1 Å². The van der Waals surface area contributed by atoms with E-state index in [0.717, 1.165) is 16.4 Å². The van der Waals surface area contributed by atoms with Crippen LogP contribution in [-0.2, 0) is 30.6 Å². The third-order valence-corrected chi connectivity index (χ3v) is 8.98. The van der Waals surface area contributed by atoms with Crippen molar-refractivity contribution in [3.05, 3.63) is 23.2 Å². The molecule has 9 N–H and O–H groups in total. The zero-order valence-corrected chi connectivity index (χ0v) is 24.9. The normalized spacial score (nSPS) is 18.8. The van der Waals surface area contributed by atoms with Gasteiger partial charge < -0.3 is 37.6 Å². The number of carboxylic acid groups (broad SMARTS) is 2. The summed E-state index contributed by atoms with van der Waals surface area (Å²) < 4.78 is 5.65. The Hall–Kier alpha value is -4.17. The second kappa shape index (κ2) is 12.0. The largest absolute Gasteiger partial charge is 0.478 e. The van der Waals surface area contributed by atoms with Gasteiger partial charge in [-0.3, -0.25) is 14.5 Å². The number of carbonyl (C=O) groups excluding carboxylic acids is 2. The van der Waals surface area contributed by atoms with E-state index in [1.54, 1.807) is 4.57 Å². The number of carbonyl (C=O) groups is 4. The molecule has 1 saturated heterocycles. The number of hydrogen-bond donors (Lipinski definition) is 6. The van der Waals surface area contributed by atoms with Crippen molar-refractivity contribution in [2.24, 2.45) is 5.16 Å². The number of oxime groups is 1. The van der Waals surface area contributed by atoms with Crippen molar-refractivity contribution in [3.63, 3.8) is 0 Å². The Bertz CT molecular complexity index is 1530. The Labute approximate surface area is 250 Å². The summed E-state index contributed by atoms with van der Waals surface area (Å²) >= 11 is 3.27. The van der Waals surface area contributed by atoms with Crippen molar-refractivity contribution in [2.75, 3.05) is 28.7 Å². The van der Waals surface area contributed by atoms with Gasteiger partial charge in [0.05, 0.1) is 12.6 Å². The predicted octanol–water partition coefficient (Wildman–Crippen LogP) is -0.898. The van der Waals surface area contributed by atoms with Crippen LogP contribution in [0.3, 0.4) is 0 Å². The standard InChI is InChI=1S/C22H26N10O7S3/c1-4-31-10(24)5-9(23)26-21(31)41-7-8-6-40-17-12(16(34)32(17)13(8)18(35)36)27-15(33)11(14-28-20(25)42-30-14)29-39-22(2,3)19(37)38/h5,12,17H,4,6-7H2,1-3H3,(H8,23,24,25,27,28,30,33,35,36,37,38)/p+1/b29-11-/t12?,17-/m1/s1. The number of carboxylic acids is 2. The number of β-lactam (4-membered cyclic amide) rings is 1. The number of rotatable bonds is 11. The second-order valence-corrected chi connectivity index (χ2v) is 12.2. The van der Waals surface area contributed by atoms with E-state index >= 15 is 0 Å². The number of hydrogen-bond acceptors (Lipinski definition) is 15. The molecule has 224 valence electrons. The maximum atomic E-state index is 13.2. The number of nitrogens with two attached hydrogens (primary N) is 3. The fraction of sp³-hybridized carbons (Fsp3) is 0.409. The van der Waals surface area contributed by atoms with Crippen LogP contribution in [0.2, 0.25) is 0 Å². The maximum absolute atomic E-state index is 13.2. The maximum Gasteiger partial charge on any atom is 0.352 e. The van der Waals surface area contributed by atoms with Gasteiger partial charge in [-0.2, -0.15) is 9.36 Å². The fourth-order valence-corrected chi connectivity index (χ4v) is 6.85. The van der Waals surface area contributed by atoms with Gasteiger partial charge in [-0.1, -0.05) is 10.1 Å². The molecule has 20 heteroatoms. The van der Waals surface area contributed by atoms with E-state index in [0.29, 0.717) is 23.1 Å². The lowest BCUT2D eigenvalue weighted by Gasteiger charge is -2.49. The van der Waals surface area contributed by atoms with Gasteiger partial charge in [0.15, 0.2) is 5.13 Å². The highest BCUT2D eigenvalue weighted by molar-refractivity contribution is 8.01. The van der Waals surface area contributed by atoms with Crippen molar-refractivity contribution in [1.29, 1.82) is 0 Å². The lowest BCUT2D eigenvalue weighted by Crippen LogP contribution is -2.71. The van der Waals surface area contributed by atoms with E-state index in [9.17, 15) is 29.4 Å². The van der Waals surface area contributed by atoms with Crippen molar-refractivity contribution in [1.82, 2.24) is 24.6 Å². The summed E-state index contributed by atoms with van der Waals surface area (Å²) in [5, 5.41) is 25.3. The molecule has 4 heterocycles. The molecule has 4 rings (SSSR count). The van der Waals surface area contributed by atoms with Crippen molar-refractivity contribution in [2.45, 2.75) is 49.5 Å². The summed E-state index contributed by atoms with van der Waals surface area (Å²) in [6.07, 6.45) is 0. The molecular formula is C22H27N10O7S3+. The highest BCUT2D eigenvalue weighted by Crippen LogP contribution is 2.41. The van der Waals surface area contributed by atoms with E-state index < -0.39 is 46.5 Å². The third-order valence-electron chi connectivity index (χ3n) is 6.04. The van der Waals surface area contributed by atoms with E-state index in [-0.39, 0.29) is 34.0 Å². The topological polar surface area (TPSA) is 266 Å². The number of thioether (sulfide) groups is 2. The van der Waals surface area contributed by atoms with Crippen LogP contribution in [0.4, 0.5) is 16.8 Å². The van der Waals surface area contributed by atoms with Gasteiger partial charge in [-0.05, 0) is 38.1 Å². The average Bonchev–Trinajstić information content (AvgIpc) is 3.35. The fourth-order valence-electron chi connectivity index (χ4n) is 3.84. The SMILES string of the molecule is CC[n+]1c(N)cc(N)nc1SCC1=C(C(=O)O)N2C(=O)C(NC(=O)/C(=N\OC(C)(C)C(=O)O)c3nsc(N)n3)[C@H]2SC1. The number of aliphatic carboxylic acids is 2. The van der Waals surface area contributed by atoms with Crippen LogP contribution in [0, 0.1) is 0 Å². The van der Waals surface area contributed by atoms with Crippen molar-refractivity contribution < 1.29 is 38.8 Å². The lowest BCUT2D eigenvalue weighted by molar-refractivity contribution is -0.719. The highest BCUT2D eigenvalue weighted by atomic mass is 32.2. The van der Waals surface area contributed by atoms with Crippen LogP contribution in [-0.4, -0.2) is 87.4 Å². The molecule has 2 aromatic rings. The number of nitrogen functional groups attached to an aromatic ring is 3. The molecule has 1 fully saturated rings. The van der Waals surface area contributed by atoms with Gasteiger partial charge >= 0.3 is 17.1 Å². The minimum Gasteiger partial charge on any atom is -0.478 e. The molecule has 0 aliphatic carbocycles. The number of aromatic nitrogens is 4. The van der Waals surface area contributed by atoms with Crippen LogP contribution < -0.4 is 27.1 Å². The molecule has 2 amide bonds. The van der Waals surface area contributed by atoms with Gasteiger partial charge in [0.1, 0.15) is 17.1 Å². The zero-order valence-electron chi connectivity index (χ0n) is 22.4. The van der Waals surface area contributed by atoms with E-state index in [2.05, 4.69) is 24.8 Å². The number of nitrogens with one attached hydrogen (secondary N) is 1. The highest BCUT2D eigenvalue weighted by Gasteiger charge is 2.54. The summed E-state index contributed by atoms with van der Waals surface area (Å²) in [5.74, 6) is -3.41. The first-order valence-corrected chi connectivity index (χ1v) is 14.9. The average molecular weight is 640 g/mol. The molecule has 2 atom stereocenters. The van der Waals surface area contributed by atoms with Crippen LogP contribution in [0.15, 0.2) is 27.6 Å². The van der Waals surface area contributed by atoms with Crippen LogP contribution in [0.25, 0.3) is 0 Å². The summed E-state index contributed by atoms with van der Waals surface area (Å²) in [6, 6.07) is 0.413.